The minimum absolute atomic E-state index is 0.0509. The zero-order valence-corrected chi connectivity index (χ0v) is 4.15. The molecule has 0 aromatic carbocycles. The third-order valence-electron chi connectivity index (χ3n) is 0.622. The third kappa shape index (κ3) is 3.96. The zero-order valence-electron chi connectivity index (χ0n) is 5.15. The highest BCUT2D eigenvalue weighted by Crippen LogP contribution is 1.89. The molecule has 0 saturated carbocycles. The van der Waals surface area contributed by atoms with Crippen LogP contribution in [-0.2, 0) is 0 Å². The Kier molecular flexibility index (Phi) is 3.41. The van der Waals surface area contributed by atoms with Crippen molar-refractivity contribution in [3.05, 3.63) is 0 Å². The van der Waals surface area contributed by atoms with Crippen molar-refractivity contribution in [2.75, 3.05) is 6.61 Å². The van der Waals surface area contributed by atoms with Crippen LogP contribution in [0.15, 0.2) is 0 Å². The summed E-state index contributed by atoms with van der Waals surface area (Å²) < 4.78 is 7.06. The first-order valence-corrected chi connectivity index (χ1v) is 2.34. The number of hydrogen-bond acceptors (Lipinski definition) is 1. The molecule has 0 aliphatic heterocycles. The molecule has 0 aliphatic carbocycles. The molecule has 1 N–H and O–H groups in total. The van der Waals surface area contributed by atoms with Crippen LogP contribution in [0, 0.1) is 0 Å². The molecule has 1 heteroatoms. The number of aliphatic hydroxyl groups is 1. The average Bonchev–Trinajstić information content (AvgIpc) is 1.68. The molecule has 0 aromatic heterocycles. The smallest absolute Gasteiger partial charge is 0.0431 e. The van der Waals surface area contributed by atoms with Gasteiger partial charge < -0.3 is 5.11 Å². The molecule has 0 rings (SSSR count). The number of rotatable bonds is 3. The molecule has 0 spiro atoms. The monoisotopic (exact) mass is 89.1 g/mol. The summed E-state index contributed by atoms with van der Waals surface area (Å²) in [5.74, 6) is 0. The van der Waals surface area contributed by atoms with Crippen LogP contribution in [0.3, 0.4) is 0 Å². The third-order valence-corrected chi connectivity index (χ3v) is 0.622. The Morgan fingerprint density at radius 3 is 2.67 bits per heavy atom. The maximum atomic E-state index is 8.25. The van der Waals surface area contributed by atoms with E-state index in [4.69, 9.17) is 6.48 Å². The Morgan fingerprint density at radius 1 is 1.83 bits per heavy atom. The van der Waals surface area contributed by atoms with Crippen LogP contribution in [0.4, 0.5) is 0 Å². The lowest BCUT2D eigenvalue weighted by Gasteiger charge is -1.85. The van der Waals surface area contributed by atoms with Crippen LogP contribution in [0.2, 0.25) is 0 Å². The summed E-state index contributed by atoms with van der Waals surface area (Å²) in [5.41, 5.74) is 0. The molecule has 6 heavy (non-hydrogen) atoms. The van der Waals surface area contributed by atoms with E-state index in [-0.39, 0.29) is 13.0 Å². The van der Waals surface area contributed by atoms with E-state index >= 15 is 0 Å². The quantitative estimate of drug-likeness (QED) is 0.550. The van der Waals surface area contributed by atoms with E-state index in [1.165, 1.54) is 0 Å². The minimum atomic E-state index is -0.0509. The van der Waals surface area contributed by atoms with Crippen molar-refractivity contribution in [3.8, 4) is 0 Å². The summed E-state index contributed by atoms with van der Waals surface area (Å²) in [4.78, 5) is 0. The van der Waals surface area contributed by atoms with Gasteiger partial charge in [-0.05, 0) is 6.42 Å². The highest BCUT2D eigenvalue weighted by molar-refractivity contribution is 4.30. The molecule has 0 fully saturated rings. The summed E-state index contributed by atoms with van der Waals surface area (Å²) >= 11 is 0. The van der Waals surface area contributed by atoms with Gasteiger partial charge in [-0.15, -0.1) is 0 Å². The lowest BCUT2D eigenvalue weighted by molar-refractivity contribution is 0.284. The second-order valence-electron chi connectivity index (χ2n) is 1.21. The van der Waals surface area contributed by atoms with Crippen LogP contribution in [0.1, 0.15) is 27.5 Å². The van der Waals surface area contributed by atoms with Crippen LogP contribution >= 0.6 is 0 Å². The largest absolute Gasteiger partial charge is 0.396 e. The topological polar surface area (TPSA) is 20.2 Å². The number of hydrogen-bond donors (Lipinski definition) is 1. The standard InChI is InChI=1S/C5H12O/c1-2-3-4-5-6/h6H,2-5H2,1H3/i3D. The molecular weight excluding hydrogens is 76.1 g/mol. The highest BCUT2D eigenvalue weighted by atomic mass is 16.2. The normalized spacial score (nSPS) is 16.7. The molecule has 0 heterocycles. The van der Waals surface area contributed by atoms with Gasteiger partial charge in [0.05, 0.1) is 0 Å². The lowest BCUT2D eigenvalue weighted by atomic mass is 10.3. The zero-order chi connectivity index (χ0) is 5.70. The van der Waals surface area contributed by atoms with Crippen molar-refractivity contribution in [3.63, 3.8) is 0 Å². The molecule has 38 valence electrons. The maximum absolute atomic E-state index is 8.25. The molecular formula is C5H12O. The van der Waals surface area contributed by atoms with Crippen molar-refractivity contribution in [1.29, 1.82) is 0 Å². The van der Waals surface area contributed by atoms with Crippen molar-refractivity contribution >= 4 is 0 Å². The van der Waals surface area contributed by atoms with E-state index in [9.17, 15) is 0 Å². The van der Waals surface area contributed by atoms with E-state index in [0.717, 1.165) is 6.42 Å². The first-order valence-electron chi connectivity index (χ1n) is 2.92. The molecule has 0 aromatic rings. The van der Waals surface area contributed by atoms with E-state index in [2.05, 4.69) is 0 Å². The van der Waals surface area contributed by atoms with Gasteiger partial charge in [0.25, 0.3) is 0 Å². The second kappa shape index (κ2) is 4.96. The molecule has 0 bridgehead atoms. The second-order valence-corrected chi connectivity index (χ2v) is 1.21. The van der Waals surface area contributed by atoms with E-state index in [1.54, 1.807) is 0 Å². The minimum Gasteiger partial charge on any atom is -0.396 e. The lowest BCUT2D eigenvalue weighted by Crippen LogP contribution is -1.78. The molecule has 1 nitrogen and oxygen atoms in total. The summed E-state index contributed by atoms with van der Waals surface area (Å²) in [7, 11) is 0. The molecule has 0 radical (unpaired) electrons. The number of aliphatic hydroxyl groups excluding tert-OH is 1. The summed E-state index contributed by atoms with van der Waals surface area (Å²) in [6, 6.07) is 0. The van der Waals surface area contributed by atoms with Gasteiger partial charge in [-0.2, -0.15) is 0 Å². The van der Waals surface area contributed by atoms with Crippen molar-refractivity contribution in [2.24, 2.45) is 0 Å². The predicted octanol–water partition coefficient (Wildman–Crippen LogP) is 1.17. The van der Waals surface area contributed by atoms with Gasteiger partial charge in [-0.3, -0.25) is 0 Å². The molecule has 1 atom stereocenters. The first-order chi connectivity index (χ1) is 3.31. The summed E-state index contributed by atoms with van der Waals surface area (Å²) in [6.45, 7) is 2.11. The van der Waals surface area contributed by atoms with Gasteiger partial charge >= 0.3 is 0 Å². The van der Waals surface area contributed by atoms with Gasteiger partial charge in [-0.1, -0.05) is 19.7 Å². The Hall–Kier alpha value is -0.0400. The van der Waals surface area contributed by atoms with Crippen LogP contribution < -0.4 is 0 Å². The Morgan fingerprint density at radius 2 is 2.50 bits per heavy atom. The molecule has 0 saturated heterocycles. The van der Waals surface area contributed by atoms with Crippen LogP contribution in [0.25, 0.3) is 0 Å². The van der Waals surface area contributed by atoms with Gasteiger partial charge in [0, 0.05) is 7.98 Å². The van der Waals surface area contributed by atoms with Gasteiger partial charge in [-0.25, -0.2) is 0 Å². The van der Waals surface area contributed by atoms with E-state index < -0.39 is 0 Å². The van der Waals surface area contributed by atoms with Crippen molar-refractivity contribution in [2.45, 2.75) is 26.2 Å². The van der Waals surface area contributed by atoms with Gasteiger partial charge in [0.15, 0.2) is 0 Å². The molecule has 1 unspecified atom stereocenters. The highest BCUT2D eigenvalue weighted by Gasteiger charge is 1.76. The van der Waals surface area contributed by atoms with E-state index in [0.29, 0.717) is 6.42 Å². The van der Waals surface area contributed by atoms with Crippen molar-refractivity contribution in [1.82, 2.24) is 0 Å². The van der Waals surface area contributed by atoms with E-state index in [1.807, 2.05) is 6.92 Å². The van der Waals surface area contributed by atoms with Gasteiger partial charge in [0.1, 0.15) is 0 Å². The first kappa shape index (κ1) is 4.13. The molecule has 0 amide bonds. The SMILES string of the molecule is [2H]C(CC)CCO. The van der Waals surface area contributed by atoms with Crippen LogP contribution in [-0.4, -0.2) is 11.7 Å². The fraction of sp³-hybridized carbons (Fsp3) is 1.00. The maximum Gasteiger partial charge on any atom is 0.0431 e. The Bertz CT molecular complexity index is 39.1. The van der Waals surface area contributed by atoms with Crippen molar-refractivity contribution < 1.29 is 6.48 Å². The summed E-state index contributed by atoms with van der Waals surface area (Å²) in [6.07, 6.45) is 1.42. The predicted molar refractivity (Wildman–Crippen MR) is 26.6 cm³/mol. The average molecular weight is 89.2 g/mol. The van der Waals surface area contributed by atoms with Gasteiger partial charge in [0.2, 0.25) is 0 Å². The summed E-state index contributed by atoms with van der Waals surface area (Å²) in [5, 5.41) is 8.25. The molecule has 0 aliphatic rings. The fourth-order valence-electron chi connectivity index (χ4n) is 0.295. The fourth-order valence-corrected chi connectivity index (χ4v) is 0.295. The Labute approximate surface area is 40.4 Å². The van der Waals surface area contributed by atoms with Crippen LogP contribution in [0.5, 0.6) is 0 Å². The Balaban J connectivity index is 2.83.